The average molecular weight is 245 g/mol. The lowest BCUT2D eigenvalue weighted by Crippen LogP contribution is -2.30. The van der Waals surface area contributed by atoms with Crippen LogP contribution < -0.4 is 5.73 Å². The molecule has 94 valence electrons. The van der Waals surface area contributed by atoms with Crippen molar-refractivity contribution in [2.75, 3.05) is 0 Å². The van der Waals surface area contributed by atoms with Crippen molar-refractivity contribution in [3.63, 3.8) is 0 Å². The Balaban J connectivity index is 2.96. The maximum Gasteiger partial charge on any atom is 0.416 e. The maximum atomic E-state index is 12.4. The summed E-state index contributed by atoms with van der Waals surface area (Å²) in [5, 5.41) is 0. The Kier molecular flexibility index (Phi) is 4.28. The number of alkyl halides is 3. The topological polar surface area (TPSA) is 43.1 Å². The first kappa shape index (κ1) is 13.7. The van der Waals surface area contributed by atoms with Gasteiger partial charge in [-0.05, 0) is 18.6 Å². The lowest BCUT2D eigenvalue weighted by atomic mass is 9.99. The second-order valence-corrected chi connectivity index (χ2v) is 3.84. The van der Waals surface area contributed by atoms with E-state index in [1.54, 1.807) is 0 Å². The van der Waals surface area contributed by atoms with Gasteiger partial charge in [-0.2, -0.15) is 13.2 Å². The van der Waals surface area contributed by atoms with Crippen molar-refractivity contribution < 1.29 is 18.0 Å². The predicted molar refractivity (Wildman–Crippen MR) is 58.7 cm³/mol. The molecule has 0 heterocycles. The third kappa shape index (κ3) is 3.56. The summed E-state index contributed by atoms with van der Waals surface area (Å²) in [4.78, 5) is 11.7. The molecule has 17 heavy (non-hydrogen) atoms. The monoisotopic (exact) mass is 245 g/mol. The summed E-state index contributed by atoms with van der Waals surface area (Å²) in [6.07, 6.45) is -3.26. The fourth-order valence-corrected chi connectivity index (χ4v) is 1.50. The Morgan fingerprint density at radius 1 is 1.41 bits per heavy atom. The molecule has 1 rings (SSSR count). The molecule has 0 aromatic heterocycles. The Hall–Kier alpha value is -1.36. The van der Waals surface area contributed by atoms with Crippen molar-refractivity contribution >= 4 is 5.78 Å². The van der Waals surface area contributed by atoms with E-state index in [9.17, 15) is 18.0 Å². The maximum absolute atomic E-state index is 12.4. The number of benzene rings is 1. The zero-order chi connectivity index (χ0) is 13.1. The third-order valence-corrected chi connectivity index (χ3v) is 2.41. The summed E-state index contributed by atoms with van der Waals surface area (Å²) in [7, 11) is 0. The van der Waals surface area contributed by atoms with Gasteiger partial charge in [0.15, 0.2) is 5.78 Å². The molecule has 0 saturated heterocycles. The van der Waals surface area contributed by atoms with Crippen molar-refractivity contribution in [2.45, 2.75) is 32.0 Å². The van der Waals surface area contributed by atoms with Crippen LogP contribution in [0.4, 0.5) is 13.2 Å². The van der Waals surface area contributed by atoms with Gasteiger partial charge in [-0.3, -0.25) is 4.79 Å². The van der Waals surface area contributed by atoms with Gasteiger partial charge in [0.1, 0.15) is 0 Å². The van der Waals surface area contributed by atoms with Crippen molar-refractivity contribution in [1.82, 2.24) is 0 Å². The van der Waals surface area contributed by atoms with E-state index in [2.05, 4.69) is 0 Å². The largest absolute Gasteiger partial charge is 0.416 e. The van der Waals surface area contributed by atoms with E-state index in [-0.39, 0.29) is 5.56 Å². The van der Waals surface area contributed by atoms with Gasteiger partial charge in [0.05, 0.1) is 11.6 Å². The molecule has 1 unspecified atom stereocenters. The number of carbonyl (C=O) groups excluding carboxylic acids is 1. The summed E-state index contributed by atoms with van der Waals surface area (Å²) in [6.45, 7) is 1.86. The molecular formula is C12H14F3NO. The van der Waals surface area contributed by atoms with Crippen LogP contribution in [0, 0.1) is 0 Å². The molecule has 2 nitrogen and oxygen atoms in total. The number of rotatable bonds is 4. The molecule has 0 aliphatic heterocycles. The lowest BCUT2D eigenvalue weighted by molar-refractivity contribution is -0.137. The molecule has 0 spiro atoms. The van der Waals surface area contributed by atoms with Gasteiger partial charge in [0, 0.05) is 5.56 Å². The van der Waals surface area contributed by atoms with Gasteiger partial charge >= 0.3 is 6.18 Å². The molecule has 0 saturated carbocycles. The van der Waals surface area contributed by atoms with Gasteiger partial charge in [-0.15, -0.1) is 0 Å². The molecule has 2 N–H and O–H groups in total. The molecule has 0 amide bonds. The van der Waals surface area contributed by atoms with Gasteiger partial charge in [0.25, 0.3) is 0 Å². The molecule has 1 atom stereocenters. The third-order valence-electron chi connectivity index (χ3n) is 2.41. The van der Waals surface area contributed by atoms with Crippen molar-refractivity contribution in [3.05, 3.63) is 35.4 Å². The van der Waals surface area contributed by atoms with Gasteiger partial charge in [-0.1, -0.05) is 25.5 Å². The van der Waals surface area contributed by atoms with Crippen LogP contribution >= 0.6 is 0 Å². The SMILES string of the molecule is CCCC(N)C(=O)c1cccc(C(F)(F)F)c1. The van der Waals surface area contributed by atoms with Crippen LogP contribution in [0.15, 0.2) is 24.3 Å². The number of ketones is 1. The van der Waals surface area contributed by atoms with Crippen molar-refractivity contribution in [1.29, 1.82) is 0 Å². The number of carbonyl (C=O) groups is 1. The summed E-state index contributed by atoms with van der Waals surface area (Å²) < 4.78 is 37.3. The number of Topliss-reactive ketones (excluding diaryl/α,β-unsaturated/α-hetero) is 1. The first-order valence-corrected chi connectivity index (χ1v) is 5.33. The predicted octanol–water partition coefficient (Wildman–Crippen LogP) is 3.02. The van der Waals surface area contributed by atoms with Crippen LogP contribution in [0.25, 0.3) is 0 Å². The summed E-state index contributed by atoms with van der Waals surface area (Å²) in [5.74, 6) is -0.446. The van der Waals surface area contributed by atoms with Gasteiger partial charge in [0.2, 0.25) is 0 Å². The van der Waals surface area contributed by atoms with Gasteiger partial charge < -0.3 is 5.73 Å². The molecule has 1 aromatic rings. The Labute approximate surface area is 97.6 Å². The van der Waals surface area contributed by atoms with Crippen LogP contribution in [-0.4, -0.2) is 11.8 Å². The Morgan fingerprint density at radius 3 is 2.59 bits per heavy atom. The van der Waals surface area contributed by atoms with Crippen LogP contribution in [0.3, 0.4) is 0 Å². The molecule has 5 heteroatoms. The van der Waals surface area contributed by atoms with Crippen LogP contribution in [0.1, 0.15) is 35.7 Å². The van der Waals surface area contributed by atoms with E-state index in [1.165, 1.54) is 12.1 Å². The average Bonchev–Trinajstić information content (AvgIpc) is 2.27. The molecule has 0 aliphatic rings. The van der Waals surface area contributed by atoms with Gasteiger partial charge in [-0.25, -0.2) is 0 Å². The van der Waals surface area contributed by atoms with Crippen molar-refractivity contribution in [2.24, 2.45) is 5.73 Å². The molecule has 1 aromatic carbocycles. The Morgan fingerprint density at radius 2 is 2.06 bits per heavy atom. The van der Waals surface area contributed by atoms with E-state index >= 15 is 0 Å². The highest BCUT2D eigenvalue weighted by atomic mass is 19.4. The van der Waals surface area contributed by atoms with Crippen LogP contribution in [0.5, 0.6) is 0 Å². The molecular weight excluding hydrogens is 231 g/mol. The zero-order valence-electron chi connectivity index (χ0n) is 9.42. The fraction of sp³-hybridized carbons (Fsp3) is 0.417. The Bertz CT molecular complexity index is 401. The molecule has 0 radical (unpaired) electrons. The number of hydrogen-bond acceptors (Lipinski definition) is 2. The van der Waals surface area contributed by atoms with E-state index < -0.39 is 23.6 Å². The highest BCUT2D eigenvalue weighted by Gasteiger charge is 2.31. The number of halogens is 3. The number of hydrogen-bond donors (Lipinski definition) is 1. The van der Waals surface area contributed by atoms with Crippen LogP contribution in [0.2, 0.25) is 0 Å². The zero-order valence-corrected chi connectivity index (χ0v) is 9.42. The van der Waals surface area contributed by atoms with E-state index in [0.717, 1.165) is 12.1 Å². The van der Waals surface area contributed by atoms with E-state index in [0.29, 0.717) is 12.8 Å². The highest BCUT2D eigenvalue weighted by molar-refractivity contribution is 6.00. The highest BCUT2D eigenvalue weighted by Crippen LogP contribution is 2.29. The molecule has 0 fully saturated rings. The van der Waals surface area contributed by atoms with E-state index in [1.807, 2.05) is 6.92 Å². The summed E-state index contributed by atoms with van der Waals surface area (Å²) in [5.41, 5.74) is 4.78. The van der Waals surface area contributed by atoms with E-state index in [4.69, 9.17) is 5.73 Å². The first-order chi connectivity index (χ1) is 7.86. The second kappa shape index (κ2) is 5.31. The van der Waals surface area contributed by atoms with Crippen LogP contribution in [-0.2, 0) is 6.18 Å². The number of nitrogens with two attached hydrogens (primary N) is 1. The molecule has 0 bridgehead atoms. The minimum Gasteiger partial charge on any atom is -0.321 e. The standard InChI is InChI=1S/C12H14F3NO/c1-2-4-10(16)11(17)8-5-3-6-9(7-8)12(13,14)15/h3,5-7,10H,2,4,16H2,1H3. The normalized spacial score (nSPS) is 13.5. The van der Waals surface area contributed by atoms with Crippen molar-refractivity contribution in [3.8, 4) is 0 Å². The summed E-state index contributed by atoms with van der Waals surface area (Å²) >= 11 is 0. The summed E-state index contributed by atoms with van der Waals surface area (Å²) in [6, 6.07) is 3.62. The smallest absolute Gasteiger partial charge is 0.321 e. The second-order valence-electron chi connectivity index (χ2n) is 3.84. The lowest BCUT2D eigenvalue weighted by Gasteiger charge is -2.11. The fourth-order valence-electron chi connectivity index (χ4n) is 1.50. The minimum atomic E-state index is -4.44. The quantitative estimate of drug-likeness (QED) is 0.828. The minimum absolute atomic E-state index is 0.0146. The first-order valence-electron chi connectivity index (χ1n) is 5.33. The molecule has 0 aliphatic carbocycles.